The second-order valence-electron chi connectivity index (χ2n) is 4.40. The van der Waals surface area contributed by atoms with Crippen LogP contribution in [0.1, 0.15) is 31.9 Å². The van der Waals surface area contributed by atoms with Gasteiger partial charge in [0.05, 0.1) is 0 Å². The van der Waals surface area contributed by atoms with Crippen LogP contribution in [-0.2, 0) is 5.41 Å². The molecule has 0 bridgehead atoms. The number of rotatable bonds is 2. The topological polar surface area (TPSA) is 0 Å². The third kappa shape index (κ3) is 3.35. The molecule has 0 aliphatic rings. The summed E-state index contributed by atoms with van der Waals surface area (Å²) in [7, 11) is 3.63. The van der Waals surface area contributed by atoms with E-state index in [-0.39, 0.29) is 5.41 Å². The standard InChI is InChI=1S/C11H15IS2/c1-8-5-6-9(11(2,3)4)10(7-8)13-14-12/h5-7H,1-4H3. The minimum atomic E-state index is 0.238. The molecular weight excluding hydrogens is 323 g/mol. The van der Waals surface area contributed by atoms with E-state index in [2.05, 4.69) is 67.1 Å². The third-order valence-corrected chi connectivity index (χ3v) is 4.99. The predicted molar refractivity (Wildman–Crippen MR) is 77.3 cm³/mol. The predicted octanol–water partition coefficient (Wildman–Crippen LogP) is 5.38. The maximum atomic E-state index is 2.33. The second-order valence-corrected chi connectivity index (χ2v) is 9.24. The lowest BCUT2D eigenvalue weighted by atomic mass is 9.86. The highest BCUT2D eigenvalue weighted by Gasteiger charge is 2.17. The average molecular weight is 338 g/mol. The first-order valence-corrected chi connectivity index (χ1v) is 9.21. The zero-order valence-corrected chi connectivity index (χ0v) is 12.7. The molecule has 1 rings (SSSR count). The highest BCUT2D eigenvalue weighted by molar-refractivity contribution is 14.2. The summed E-state index contributed by atoms with van der Waals surface area (Å²) in [5, 5.41) is 0. The molecule has 0 aliphatic carbocycles. The van der Waals surface area contributed by atoms with Crippen LogP contribution in [-0.4, -0.2) is 0 Å². The van der Waals surface area contributed by atoms with Crippen molar-refractivity contribution < 1.29 is 0 Å². The molecule has 3 heteroatoms. The van der Waals surface area contributed by atoms with E-state index < -0.39 is 0 Å². The van der Waals surface area contributed by atoms with Gasteiger partial charge in [0.1, 0.15) is 0 Å². The van der Waals surface area contributed by atoms with Gasteiger partial charge in [-0.05, 0) is 48.3 Å². The molecule has 0 aliphatic heterocycles. The Morgan fingerprint density at radius 3 is 2.36 bits per heavy atom. The van der Waals surface area contributed by atoms with Crippen LogP contribution >= 0.6 is 40.0 Å². The molecule has 0 radical (unpaired) electrons. The van der Waals surface area contributed by atoms with E-state index in [9.17, 15) is 0 Å². The highest BCUT2D eigenvalue weighted by atomic mass is 127. The first-order valence-electron chi connectivity index (χ1n) is 4.51. The zero-order chi connectivity index (χ0) is 10.8. The Balaban J connectivity index is 3.15. The lowest BCUT2D eigenvalue weighted by Gasteiger charge is -2.22. The maximum Gasteiger partial charge on any atom is 0.0230 e. The van der Waals surface area contributed by atoms with E-state index >= 15 is 0 Å². The Kier molecular flexibility index (Phi) is 4.65. The zero-order valence-electron chi connectivity index (χ0n) is 8.93. The quantitative estimate of drug-likeness (QED) is 0.524. The smallest absolute Gasteiger partial charge is 0.0230 e. The first kappa shape index (κ1) is 12.7. The van der Waals surface area contributed by atoms with Crippen molar-refractivity contribution in [3.8, 4) is 0 Å². The van der Waals surface area contributed by atoms with Gasteiger partial charge in [-0.15, -0.1) is 0 Å². The summed E-state index contributed by atoms with van der Waals surface area (Å²) in [6.45, 7) is 8.94. The number of hydrogen-bond acceptors (Lipinski definition) is 2. The number of aryl methyl sites for hydroxylation is 1. The average Bonchev–Trinajstić information content (AvgIpc) is 2.02. The van der Waals surface area contributed by atoms with Crippen LogP contribution in [0.15, 0.2) is 23.1 Å². The maximum absolute atomic E-state index is 2.33. The summed E-state index contributed by atoms with van der Waals surface area (Å²) in [5.74, 6) is 0. The Morgan fingerprint density at radius 2 is 1.86 bits per heavy atom. The summed E-state index contributed by atoms with van der Waals surface area (Å²) in [6.07, 6.45) is 0. The van der Waals surface area contributed by atoms with Crippen LogP contribution in [0.5, 0.6) is 0 Å². The second kappa shape index (κ2) is 5.12. The highest BCUT2D eigenvalue weighted by Crippen LogP contribution is 2.41. The molecule has 0 fully saturated rings. The molecule has 0 saturated carbocycles. The first-order chi connectivity index (χ1) is 6.45. The summed E-state index contributed by atoms with van der Waals surface area (Å²) < 4.78 is 0. The van der Waals surface area contributed by atoms with Crippen molar-refractivity contribution in [1.82, 2.24) is 0 Å². The van der Waals surface area contributed by atoms with Crippen molar-refractivity contribution >= 4 is 40.0 Å². The number of benzene rings is 1. The van der Waals surface area contributed by atoms with Crippen molar-refractivity contribution in [1.29, 1.82) is 0 Å². The Hall–Kier alpha value is 0.650. The van der Waals surface area contributed by atoms with Gasteiger partial charge in [0.2, 0.25) is 0 Å². The third-order valence-electron chi connectivity index (χ3n) is 2.07. The van der Waals surface area contributed by atoms with Crippen molar-refractivity contribution in [3.63, 3.8) is 0 Å². The van der Waals surface area contributed by atoms with Gasteiger partial charge in [0, 0.05) is 26.1 Å². The number of halogens is 1. The molecule has 78 valence electrons. The van der Waals surface area contributed by atoms with Crippen LogP contribution in [0.25, 0.3) is 0 Å². The van der Waals surface area contributed by atoms with E-state index in [0.717, 1.165) is 0 Å². The Labute approximate surface area is 107 Å². The summed E-state index contributed by atoms with van der Waals surface area (Å²) >= 11 is 2.33. The van der Waals surface area contributed by atoms with Gasteiger partial charge in [-0.3, -0.25) is 0 Å². The van der Waals surface area contributed by atoms with E-state index in [1.165, 1.54) is 16.0 Å². The minimum Gasteiger partial charge on any atom is -0.0590 e. The summed E-state index contributed by atoms with van der Waals surface area (Å²) in [4.78, 5) is 1.40. The van der Waals surface area contributed by atoms with Crippen LogP contribution in [0.4, 0.5) is 0 Å². The molecule has 14 heavy (non-hydrogen) atoms. The van der Waals surface area contributed by atoms with Crippen LogP contribution < -0.4 is 0 Å². The van der Waals surface area contributed by atoms with Gasteiger partial charge in [-0.25, -0.2) is 0 Å². The molecule has 0 atom stereocenters. The van der Waals surface area contributed by atoms with E-state index in [0.29, 0.717) is 0 Å². The van der Waals surface area contributed by atoms with Gasteiger partial charge in [-0.2, -0.15) is 0 Å². The molecule has 1 aromatic rings. The van der Waals surface area contributed by atoms with Gasteiger partial charge >= 0.3 is 0 Å². The molecule has 0 nitrogen and oxygen atoms in total. The van der Waals surface area contributed by atoms with E-state index in [1.807, 2.05) is 10.8 Å². The lowest BCUT2D eigenvalue weighted by Crippen LogP contribution is -2.12. The molecule has 0 amide bonds. The molecule has 0 N–H and O–H groups in total. The van der Waals surface area contributed by atoms with Gasteiger partial charge < -0.3 is 0 Å². The van der Waals surface area contributed by atoms with Crippen molar-refractivity contribution in [2.24, 2.45) is 0 Å². The molecular formula is C11H15IS2. The fourth-order valence-corrected chi connectivity index (χ4v) is 4.48. The van der Waals surface area contributed by atoms with E-state index in [4.69, 9.17) is 0 Å². The van der Waals surface area contributed by atoms with Crippen LogP contribution in [0.2, 0.25) is 0 Å². The molecule has 1 aromatic carbocycles. The minimum absolute atomic E-state index is 0.238. The van der Waals surface area contributed by atoms with E-state index in [1.54, 1.807) is 7.97 Å². The van der Waals surface area contributed by atoms with Crippen molar-refractivity contribution in [2.75, 3.05) is 0 Å². The Morgan fingerprint density at radius 1 is 1.21 bits per heavy atom. The lowest BCUT2D eigenvalue weighted by molar-refractivity contribution is 0.578. The number of hydrogen-bond donors (Lipinski definition) is 0. The fourth-order valence-electron chi connectivity index (χ4n) is 1.35. The molecule has 0 unspecified atom stereocenters. The molecule has 0 saturated heterocycles. The monoisotopic (exact) mass is 338 g/mol. The summed E-state index contributed by atoms with van der Waals surface area (Å²) in [5.41, 5.74) is 3.02. The van der Waals surface area contributed by atoms with Crippen LogP contribution in [0.3, 0.4) is 0 Å². The molecule has 0 heterocycles. The van der Waals surface area contributed by atoms with Crippen molar-refractivity contribution in [2.45, 2.75) is 38.0 Å². The fraction of sp³-hybridized carbons (Fsp3) is 0.455. The normalized spacial score (nSPS) is 11.8. The van der Waals surface area contributed by atoms with Gasteiger partial charge in [-0.1, -0.05) is 32.9 Å². The molecule has 0 spiro atoms. The van der Waals surface area contributed by atoms with Crippen molar-refractivity contribution in [3.05, 3.63) is 29.3 Å². The van der Waals surface area contributed by atoms with Gasteiger partial charge in [0.15, 0.2) is 0 Å². The van der Waals surface area contributed by atoms with Crippen LogP contribution in [0, 0.1) is 6.92 Å². The Bertz CT molecular complexity index is 316. The largest absolute Gasteiger partial charge is 0.0590 e. The van der Waals surface area contributed by atoms with Gasteiger partial charge in [0.25, 0.3) is 0 Å². The summed E-state index contributed by atoms with van der Waals surface area (Å²) in [6, 6.07) is 6.73. The SMILES string of the molecule is Cc1ccc(C(C)(C)C)c(SSI)c1. The molecule has 0 aromatic heterocycles.